The number of fused-ring (bicyclic) bond motifs is 1. The van der Waals surface area contributed by atoms with E-state index in [0.717, 1.165) is 22.9 Å². The summed E-state index contributed by atoms with van der Waals surface area (Å²) in [5.74, 6) is 0.652. The van der Waals surface area contributed by atoms with Crippen molar-refractivity contribution < 1.29 is 14.4 Å². The molecular weight excluding hydrogens is 416 g/mol. The number of nitrogens with zero attached hydrogens (tertiary/aromatic N) is 2. The Bertz CT molecular complexity index is 1190. The smallest absolute Gasteiger partial charge is 0.253 e. The van der Waals surface area contributed by atoms with Gasteiger partial charge in [0.1, 0.15) is 0 Å². The van der Waals surface area contributed by atoms with Gasteiger partial charge < -0.3 is 20.1 Å². The Balaban J connectivity index is 1.14. The summed E-state index contributed by atoms with van der Waals surface area (Å²) in [5, 5.41) is 3.99. The second-order valence-corrected chi connectivity index (χ2v) is 9.10. The first-order valence-electron chi connectivity index (χ1n) is 11.5. The lowest BCUT2D eigenvalue weighted by Crippen LogP contribution is -2.51. The van der Waals surface area contributed by atoms with Gasteiger partial charge in [0, 0.05) is 60.4 Å². The fraction of sp³-hybridized carbons (Fsp3) is 0.346. The van der Waals surface area contributed by atoms with Gasteiger partial charge in [-0.25, -0.2) is 0 Å². The second kappa shape index (κ2) is 8.73. The number of hydrogen-bond donors (Lipinski definition) is 2. The summed E-state index contributed by atoms with van der Waals surface area (Å²) < 4.78 is 0. The fourth-order valence-corrected chi connectivity index (χ4v) is 4.51. The number of para-hydroxylation sites is 1. The summed E-state index contributed by atoms with van der Waals surface area (Å²) in [6.45, 7) is 4.15. The Morgan fingerprint density at radius 3 is 2.33 bits per heavy atom. The average Bonchev–Trinajstić information content (AvgIpc) is 3.45. The lowest BCUT2D eigenvalue weighted by Gasteiger charge is -2.35. The van der Waals surface area contributed by atoms with Crippen LogP contribution in [-0.4, -0.2) is 58.7 Å². The number of piperazine rings is 1. The van der Waals surface area contributed by atoms with E-state index in [9.17, 15) is 14.4 Å². The van der Waals surface area contributed by atoms with Gasteiger partial charge in [0.25, 0.3) is 5.91 Å². The number of H-pyrrole nitrogens is 1. The molecule has 0 bridgehead atoms. The van der Waals surface area contributed by atoms with Crippen molar-refractivity contribution in [2.75, 3.05) is 31.5 Å². The Morgan fingerprint density at radius 2 is 1.64 bits per heavy atom. The molecule has 1 aliphatic heterocycles. The van der Waals surface area contributed by atoms with Crippen LogP contribution in [0.15, 0.2) is 54.7 Å². The number of aromatic amines is 1. The maximum absolute atomic E-state index is 12.9. The van der Waals surface area contributed by atoms with Crippen LogP contribution >= 0.6 is 0 Å². The summed E-state index contributed by atoms with van der Waals surface area (Å²) in [6, 6.07) is 15.0. The summed E-state index contributed by atoms with van der Waals surface area (Å²) in [4.78, 5) is 44.7. The quantitative estimate of drug-likeness (QED) is 0.633. The lowest BCUT2D eigenvalue weighted by molar-refractivity contribution is -0.131. The minimum absolute atomic E-state index is 0.0487. The fourth-order valence-electron chi connectivity index (χ4n) is 4.51. The molecule has 3 aromatic rings. The molecule has 2 aliphatic rings. The van der Waals surface area contributed by atoms with Gasteiger partial charge in [-0.1, -0.05) is 25.1 Å². The molecule has 2 aromatic carbocycles. The van der Waals surface area contributed by atoms with Gasteiger partial charge in [0.15, 0.2) is 0 Å². The molecular formula is C26H28N4O3. The number of rotatable bonds is 5. The number of aromatic nitrogens is 1. The molecule has 1 saturated carbocycles. The van der Waals surface area contributed by atoms with Crippen molar-refractivity contribution in [3.63, 3.8) is 0 Å². The van der Waals surface area contributed by atoms with E-state index in [1.165, 1.54) is 0 Å². The zero-order valence-electron chi connectivity index (χ0n) is 18.7. The van der Waals surface area contributed by atoms with Crippen LogP contribution in [0.4, 0.5) is 5.69 Å². The van der Waals surface area contributed by atoms with Gasteiger partial charge in [-0.2, -0.15) is 0 Å². The first-order valence-corrected chi connectivity index (χ1v) is 11.5. The molecule has 7 nitrogen and oxygen atoms in total. The monoisotopic (exact) mass is 444 g/mol. The highest BCUT2D eigenvalue weighted by molar-refractivity contribution is 5.97. The van der Waals surface area contributed by atoms with E-state index >= 15 is 0 Å². The highest BCUT2D eigenvalue weighted by atomic mass is 16.2. The maximum atomic E-state index is 12.9. The molecule has 1 saturated heterocycles. The minimum atomic E-state index is -0.0487. The molecule has 5 rings (SSSR count). The highest BCUT2D eigenvalue weighted by Gasteiger charge is 2.39. The normalized spacial score (nSPS) is 20.0. The van der Waals surface area contributed by atoms with Crippen molar-refractivity contribution in [2.24, 2.45) is 11.8 Å². The van der Waals surface area contributed by atoms with E-state index in [1.807, 2.05) is 35.4 Å². The molecule has 7 heteroatoms. The highest BCUT2D eigenvalue weighted by Crippen LogP contribution is 2.38. The van der Waals surface area contributed by atoms with Crippen molar-refractivity contribution in [1.29, 1.82) is 0 Å². The topological polar surface area (TPSA) is 85.5 Å². The van der Waals surface area contributed by atoms with Crippen LogP contribution in [0.3, 0.4) is 0 Å². The number of amides is 3. The Morgan fingerprint density at radius 1 is 0.970 bits per heavy atom. The van der Waals surface area contributed by atoms with Crippen molar-refractivity contribution in [2.45, 2.75) is 19.8 Å². The van der Waals surface area contributed by atoms with Gasteiger partial charge >= 0.3 is 0 Å². The number of carbonyl (C=O) groups excluding carboxylic acids is 3. The molecule has 0 spiro atoms. The van der Waals surface area contributed by atoms with Gasteiger partial charge in [-0.05, 0) is 48.2 Å². The van der Waals surface area contributed by atoms with E-state index < -0.39 is 0 Å². The van der Waals surface area contributed by atoms with Crippen LogP contribution in [0.5, 0.6) is 0 Å². The third-order valence-electron chi connectivity index (χ3n) is 6.78. The first-order chi connectivity index (χ1) is 16.0. The SMILES string of the molecule is CC1CC1C(=O)Nc1ccc(C(=O)N2CCN(C(=O)Cc3c[nH]c4ccccc34)CC2)cc1. The van der Waals surface area contributed by atoms with Crippen LogP contribution in [-0.2, 0) is 16.0 Å². The molecule has 2 heterocycles. The molecule has 1 aliphatic carbocycles. The van der Waals surface area contributed by atoms with Gasteiger partial charge in [-0.15, -0.1) is 0 Å². The third kappa shape index (κ3) is 4.49. The van der Waals surface area contributed by atoms with Gasteiger partial charge in [-0.3, -0.25) is 14.4 Å². The molecule has 2 fully saturated rings. The molecule has 2 unspecified atom stereocenters. The van der Waals surface area contributed by atoms with E-state index in [2.05, 4.69) is 17.2 Å². The standard InChI is InChI=1S/C26H28N4O3/c1-17-14-22(17)25(32)28-20-8-6-18(7-9-20)26(33)30-12-10-29(11-13-30)24(31)15-19-16-27-23-5-3-2-4-21(19)23/h2-9,16-17,22,27H,10-15H2,1H3,(H,28,32). The first kappa shape index (κ1) is 21.2. The number of benzene rings is 2. The zero-order chi connectivity index (χ0) is 22.9. The second-order valence-electron chi connectivity index (χ2n) is 9.10. The summed E-state index contributed by atoms with van der Waals surface area (Å²) in [7, 11) is 0. The predicted molar refractivity (Wildman–Crippen MR) is 127 cm³/mol. The van der Waals surface area contributed by atoms with Crippen LogP contribution < -0.4 is 5.32 Å². The molecule has 3 amide bonds. The van der Waals surface area contributed by atoms with Crippen LogP contribution in [0.2, 0.25) is 0 Å². The van der Waals surface area contributed by atoms with E-state index in [1.54, 1.807) is 29.2 Å². The van der Waals surface area contributed by atoms with Crippen molar-refractivity contribution in [1.82, 2.24) is 14.8 Å². The van der Waals surface area contributed by atoms with Crippen molar-refractivity contribution in [3.05, 3.63) is 65.9 Å². The number of anilines is 1. The van der Waals surface area contributed by atoms with Crippen LogP contribution in [0.1, 0.15) is 29.3 Å². The van der Waals surface area contributed by atoms with Gasteiger partial charge in [0.05, 0.1) is 6.42 Å². The van der Waals surface area contributed by atoms with Crippen molar-refractivity contribution in [3.8, 4) is 0 Å². The third-order valence-corrected chi connectivity index (χ3v) is 6.78. The largest absolute Gasteiger partial charge is 0.361 e. The predicted octanol–water partition coefficient (Wildman–Crippen LogP) is 3.29. The number of carbonyl (C=O) groups is 3. The number of nitrogens with one attached hydrogen (secondary N) is 2. The Kier molecular flexibility index (Phi) is 5.62. The van der Waals surface area contributed by atoms with Gasteiger partial charge in [0.2, 0.25) is 11.8 Å². The summed E-state index contributed by atoms with van der Waals surface area (Å²) >= 11 is 0. The number of hydrogen-bond acceptors (Lipinski definition) is 3. The Hall–Kier alpha value is -3.61. The summed E-state index contributed by atoms with van der Waals surface area (Å²) in [6.07, 6.45) is 3.20. The molecule has 2 N–H and O–H groups in total. The molecule has 2 atom stereocenters. The minimum Gasteiger partial charge on any atom is -0.361 e. The molecule has 0 radical (unpaired) electrons. The maximum Gasteiger partial charge on any atom is 0.253 e. The van der Waals surface area contributed by atoms with Crippen LogP contribution in [0.25, 0.3) is 10.9 Å². The zero-order valence-corrected chi connectivity index (χ0v) is 18.7. The van der Waals surface area contributed by atoms with E-state index in [-0.39, 0.29) is 23.6 Å². The molecule has 170 valence electrons. The van der Waals surface area contributed by atoms with Crippen molar-refractivity contribution >= 4 is 34.3 Å². The lowest BCUT2D eigenvalue weighted by atomic mass is 10.1. The average molecular weight is 445 g/mol. The summed E-state index contributed by atoms with van der Waals surface area (Å²) in [5.41, 5.74) is 3.33. The Labute approximate surface area is 192 Å². The molecule has 1 aromatic heterocycles. The molecule has 33 heavy (non-hydrogen) atoms. The van der Waals surface area contributed by atoms with E-state index in [0.29, 0.717) is 49.8 Å². The van der Waals surface area contributed by atoms with E-state index in [4.69, 9.17) is 0 Å². The van der Waals surface area contributed by atoms with Crippen LogP contribution in [0, 0.1) is 11.8 Å².